The summed E-state index contributed by atoms with van der Waals surface area (Å²) in [6, 6.07) is 9.53. The van der Waals surface area contributed by atoms with Gasteiger partial charge in [0.25, 0.3) is 0 Å². The van der Waals surface area contributed by atoms with Gasteiger partial charge in [0.05, 0.1) is 0 Å². The second kappa shape index (κ2) is 7.13. The van der Waals surface area contributed by atoms with Gasteiger partial charge in [-0.1, -0.05) is 18.2 Å². The van der Waals surface area contributed by atoms with Crippen LogP contribution in [-0.4, -0.2) is 61.4 Å². The van der Waals surface area contributed by atoms with E-state index in [0.29, 0.717) is 19.6 Å². The minimum atomic E-state index is -1.05. The van der Waals surface area contributed by atoms with Crippen molar-refractivity contribution in [2.24, 2.45) is 5.41 Å². The molecule has 5 heteroatoms. The minimum Gasteiger partial charge on any atom is -0.339 e. The third-order valence-electron chi connectivity index (χ3n) is 4.49. The van der Waals surface area contributed by atoms with Crippen molar-refractivity contribution in [3.63, 3.8) is 0 Å². The summed E-state index contributed by atoms with van der Waals surface area (Å²) in [4.78, 5) is 31.6. The van der Waals surface area contributed by atoms with E-state index in [1.54, 1.807) is 18.7 Å². The summed E-state index contributed by atoms with van der Waals surface area (Å²) in [5.74, 6) is -0.222. The Labute approximate surface area is 138 Å². The van der Waals surface area contributed by atoms with Crippen molar-refractivity contribution in [2.45, 2.75) is 20.8 Å². The number of para-hydroxylation sites is 1. The van der Waals surface area contributed by atoms with E-state index in [-0.39, 0.29) is 11.8 Å². The number of rotatable bonds is 4. The maximum absolute atomic E-state index is 13.0. The van der Waals surface area contributed by atoms with Crippen molar-refractivity contribution in [3.8, 4) is 0 Å². The van der Waals surface area contributed by atoms with Gasteiger partial charge in [0, 0.05) is 38.4 Å². The van der Waals surface area contributed by atoms with Crippen molar-refractivity contribution < 1.29 is 9.59 Å². The standard InChI is InChI=1S/C18H27N3O2/c1-5-21(15-9-7-6-8-10-15)17(23)18(2,3)16(22)20-13-11-19(4)12-14-20/h6-10H,5,11-14H2,1-4H3. The summed E-state index contributed by atoms with van der Waals surface area (Å²) in [5.41, 5.74) is -0.221. The quantitative estimate of drug-likeness (QED) is 0.796. The van der Waals surface area contributed by atoms with E-state index in [1.807, 2.05) is 49.2 Å². The molecule has 0 aliphatic carbocycles. The molecule has 0 spiro atoms. The first-order valence-corrected chi connectivity index (χ1v) is 8.23. The SMILES string of the molecule is CCN(C(=O)C(C)(C)C(=O)N1CCN(C)CC1)c1ccccc1. The molecule has 0 unspecified atom stereocenters. The molecule has 0 saturated carbocycles. The molecule has 23 heavy (non-hydrogen) atoms. The maximum Gasteiger partial charge on any atom is 0.242 e. The van der Waals surface area contributed by atoms with Gasteiger partial charge in [-0.25, -0.2) is 0 Å². The third-order valence-corrected chi connectivity index (χ3v) is 4.49. The largest absolute Gasteiger partial charge is 0.339 e. The molecule has 2 rings (SSSR count). The smallest absolute Gasteiger partial charge is 0.242 e. The van der Waals surface area contributed by atoms with Gasteiger partial charge in [-0.2, -0.15) is 0 Å². The number of hydrogen-bond acceptors (Lipinski definition) is 3. The zero-order valence-electron chi connectivity index (χ0n) is 14.6. The molecule has 0 aromatic heterocycles. The number of amides is 2. The van der Waals surface area contributed by atoms with Crippen LogP contribution in [0, 0.1) is 5.41 Å². The first-order chi connectivity index (χ1) is 10.9. The minimum absolute atomic E-state index is 0.0787. The van der Waals surface area contributed by atoms with Crippen LogP contribution < -0.4 is 4.90 Å². The first-order valence-electron chi connectivity index (χ1n) is 8.23. The lowest BCUT2D eigenvalue weighted by Crippen LogP contribution is -2.55. The number of anilines is 1. The zero-order chi connectivity index (χ0) is 17.0. The molecule has 1 aliphatic rings. The number of hydrogen-bond donors (Lipinski definition) is 0. The van der Waals surface area contributed by atoms with Crippen molar-refractivity contribution in [1.29, 1.82) is 0 Å². The molecule has 0 atom stereocenters. The van der Waals surface area contributed by atoms with Gasteiger partial charge >= 0.3 is 0 Å². The second-order valence-corrected chi connectivity index (χ2v) is 6.61. The van der Waals surface area contributed by atoms with E-state index in [0.717, 1.165) is 18.8 Å². The van der Waals surface area contributed by atoms with Crippen LogP contribution in [0.4, 0.5) is 5.69 Å². The summed E-state index contributed by atoms with van der Waals surface area (Å²) in [5, 5.41) is 0. The summed E-state index contributed by atoms with van der Waals surface area (Å²) < 4.78 is 0. The van der Waals surface area contributed by atoms with Crippen LogP contribution in [0.3, 0.4) is 0 Å². The Morgan fingerprint density at radius 2 is 1.65 bits per heavy atom. The summed E-state index contributed by atoms with van der Waals surface area (Å²) in [6.45, 7) is 9.03. The van der Waals surface area contributed by atoms with Gasteiger partial charge in [-0.3, -0.25) is 9.59 Å². The van der Waals surface area contributed by atoms with Crippen molar-refractivity contribution in [1.82, 2.24) is 9.80 Å². The molecule has 5 nitrogen and oxygen atoms in total. The normalized spacial score (nSPS) is 16.3. The Kier molecular flexibility index (Phi) is 5.42. The average Bonchev–Trinajstić information content (AvgIpc) is 2.56. The Balaban J connectivity index is 2.16. The summed E-state index contributed by atoms with van der Waals surface area (Å²) >= 11 is 0. The number of carbonyl (C=O) groups excluding carboxylic acids is 2. The fourth-order valence-corrected chi connectivity index (χ4v) is 2.89. The molecule has 1 aromatic rings. The third kappa shape index (κ3) is 3.72. The number of nitrogens with zero attached hydrogens (tertiary/aromatic N) is 3. The molecule has 1 saturated heterocycles. The van der Waals surface area contributed by atoms with Gasteiger partial charge in [-0.05, 0) is 40.0 Å². The molecule has 126 valence electrons. The Morgan fingerprint density at radius 1 is 1.09 bits per heavy atom. The van der Waals surface area contributed by atoms with Crippen molar-refractivity contribution >= 4 is 17.5 Å². The molecule has 1 aromatic carbocycles. The highest BCUT2D eigenvalue weighted by atomic mass is 16.2. The highest BCUT2D eigenvalue weighted by Crippen LogP contribution is 2.26. The fourth-order valence-electron chi connectivity index (χ4n) is 2.89. The monoisotopic (exact) mass is 317 g/mol. The van der Waals surface area contributed by atoms with E-state index >= 15 is 0 Å². The maximum atomic E-state index is 13.0. The summed E-state index contributed by atoms with van der Waals surface area (Å²) in [6.07, 6.45) is 0. The Morgan fingerprint density at radius 3 is 2.17 bits per heavy atom. The number of likely N-dealkylation sites (N-methyl/N-ethyl adjacent to an activating group) is 1. The molecular weight excluding hydrogens is 290 g/mol. The van der Waals surface area contributed by atoms with Gasteiger partial charge < -0.3 is 14.7 Å². The van der Waals surface area contributed by atoms with Crippen LogP contribution in [-0.2, 0) is 9.59 Å². The van der Waals surface area contributed by atoms with Crippen LogP contribution in [0.2, 0.25) is 0 Å². The highest BCUT2D eigenvalue weighted by Gasteiger charge is 2.42. The zero-order valence-corrected chi connectivity index (χ0v) is 14.6. The fraction of sp³-hybridized carbons (Fsp3) is 0.556. The lowest BCUT2D eigenvalue weighted by molar-refractivity contribution is -0.148. The summed E-state index contributed by atoms with van der Waals surface area (Å²) in [7, 11) is 2.05. The number of benzene rings is 1. The molecule has 0 N–H and O–H groups in total. The van der Waals surface area contributed by atoms with Crippen molar-refractivity contribution in [3.05, 3.63) is 30.3 Å². The van der Waals surface area contributed by atoms with Crippen LogP contribution in [0.1, 0.15) is 20.8 Å². The average molecular weight is 317 g/mol. The van der Waals surface area contributed by atoms with Crippen molar-refractivity contribution in [2.75, 3.05) is 44.7 Å². The van der Waals surface area contributed by atoms with Gasteiger partial charge in [-0.15, -0.1) is 0 Å². The van der Waals surface area contributed by atoms with E-state index in [2.05, 4.69) is 4.90 Å². The number of piperazine rings is 1. The van der Waals surface area contributed by atoms with Gasteiger partial charge in [0.15, 0.2) is 0 Å². The van der Waals surface area contributed by atoms with Crippen LogP contribution in [0.15, 0.2) is 30.3 Å². The van der Waals surface area contributed by atoms with E-state index in [1.165, 1.54) is 0 Å². The second-order valence-electron chi connectivity index (χ2n) is 6.61. The Bertz CT molecular complexity index is 549. The van der Waals surface area contributed by atoms with E-state index in [4.69, 9.17) is 0 Å². The molecule has 1 heterocycles. The predicted molar refractivity (Wildman–Crippen MR) is 92.3 cm³/mol. The van der Waals surface area contributed by atoms with Gasteiger partial charge in [0.2, 0.25) is 11.8 Å². The lowest BCUT2D eigenvalue weighted by Gasteiger charge is -2.38. The highest BCUT2D eigenvalue weighted by molar-refractivity contribution is 6.11. The van der Waals surface area contributed by atoms with Crippen LogP contribution in [0.25, 0.3) is 0 Å². The topological polar surface area (TPSA) is 43.9 Å². The molecule has 0 radical (unpaired) electrons. The predicted octanol–water partition coefficient (Wildman–Crippen LogP) is 1.84. The van der Waals surface area contributed by atoms with Gasteiger partial charge in [0.1, 0.15) is 5.41 Å². The molecule has 1 fully saturated rings. The van der Waals surface area contributed by atoms with Crippen LogP contribution >= 0.6 is 0 Å². The Hall–Kier alpha value is -1.88. The molecule has 2 amide bonds. The molecule has 0 bridgehead atoms. The van der Waals surface area contributed by atoms with E-state index < -0.39 is 5.41 Å². The number of carbonyl (C=O) groups is 2. The van der Waals surface area contributed by atoms with Crippen LogP contribution in [0.5, 0.6) is 0 Å². The van der Waals surface area contributed by atoms with E-state index in [9.17, 15) is 9.59 Å². The lowest BCUT2D eigenvalue weighted by atomic mass is 9.89. The first kappa shape index (κ1) is 17.5. The molecular formula is C18H27N3O2. The molecule has 1 aliphatic heterocycles.